The van der Waals surface area contributed by atoms with Crippen LogP contribution in [0.15, 0.2) is 45.7 Å². The van der Waals surface area contributed by atoms with Gasteiger partial charge in [-0.15, -0.1) is 4.40 Å². The third kappa shape index (κ3) is 4.68. The van der Waals surface area contributed by atoms with Crippen LogP contribution in [0.5, 0.6) is 11.5 Å². The quantitative estimate of drug-likeness (QED) is 0.636. The van der Waals surface area contributed by atoms with Gasteiger partial charge in [-0.1, -0.05) is 12.5 Å². The molecule has 0 radical (unpaired) electrons. The molecule has 0 aliphatic carbocycles. The van der Waals surface area contributed by atoms with Crippen LogP contribution in [0.2, 0.25) is 0 Å². The lowest BCUT2D eigenvalue weighted by molar-refractivity contribution is 0.0784. The SMILES string of the molecule is CCOc1ccc(CN(C)C(=O)c2ccc3c(c2)S(=O)(=O)N=C2CCCCCN23)cc1OC. The number of carbonyl (C=O) groups excluding carboxylic acids is 1. The highest BCUT2D eigenvalue weighted by Crippen LogP contribution is 2.35. The van der Waals surface area contributed by atoms with E-state index < -0.39 is 10.0 Å². The lowest BCUT2D eigenvalue weighted by Gasteiger charge is -2.30. The minimum absolute atomic E-state index is 0.0927. The number of nitrogens with zero attached hydrogens (tertiary/aromatic N) is 3. The van der Waals surface area contributed by atoms with Gasteiger partial charge in [-0.3, -0.25) is 4.79 Å². The minimum atomic E-state index is -3.84. The molecule has 2 aromatic carbocycles. The predicted molar refractivity (Wildman–Crippen MR) is 127 cm³/mol. The Kier molecular flexibility index (Phi) is 6.60. The van der Waals surface area contributed by atoms with Gasteiger partial charge in [-0.25, -0.2) is 0 Å². The van der Waals surface area contributed by atoms with E-state index in [0.29, 0.717) is 48.2 Å². The summed E-state index contributed by atoms with van der Waals surface area (Å²) in [5.41, 5.74) is 1.79. The Bertz CT molecular complexity index is 1190. The fraction of sp³-hybridized carbons (Fsp3) is 0.417. The number of fused-ring (bicyclic) bond motifs is 3. The van der Waals surface area contributed by atoms with E-state index in [1.807, 2.05) is 30.0 Å². The van der Waals surface area contributed by atoms with Crippen molar-refractivity contribution in [1.82, 2.24) is 4.90 Å². The highest BCUT2D eigenvalue weighted by atomic mass is 32.2. The van der Waals surface area contributed by atoms with Crippen LogP contribution in [-0.4, -0.2) is 52.4 Å². The second kappa shape index (κ2) is 9.43. The van der Waals surface area contributed by atoms with Crippen LogP contribution in [0.25, 0.3) is 0 Å². The van der Waals surface area contributed by atoms with E-state index in [-0.39, 0.29) is 10.8 Å². The number of rotatable bonds is 6. The Labute approximate surface area is 194 Å². The van der Waals surface area contributed by atoms with Crippen LogP contribution < -0.4 is 14.4 Å². The summed E-state index contributed by atoms with van der Waals surface area (Å²) in [4.78, 5) is 16.8. The first kappa shape index (κ1) is 23.1. The number of carbonyl (C=O) groups is 1. The number of amides is 1. The van der Waals surface area contributed by atoms with Gasteiger partial charge in [0.1, 0.15) is 10.7 Å². The van der Waals surface area contributed by atoms with Crippen LogP contribution in [-0.2, 0) is 16.6 Å². The van der Waals surface area contributed by atoms with Crippen LogP contribution >= 0.6 is 0 Å². The molecule has 0 spiro atoms. The second-order valence-corrected chi connectivity index (χ2v) is 9.78. The standard InChI is InChI=1S/C24H29N3O5S/c1-4-32-20-12-9-17(14-21(20)31-3)16-26(2)24(28)18-10-11-19-22(15-18)33(29,30)25-23-8-6-5-7-13-27(19)23/h9-12,14-15H,4-8,13,16H2,1-3H3. The minimum Gasteiger partial charge on any atom is -0.493 e. The normalized spacial score (nSPS) is 16.7. The summed E-state index contributed by atoms with van der Waals surface area (Å²) in [6.45, 7) is 3.49. The van der Waals surface area contributed by atoms with Gasteiger partial charge in [0.25, 0.3) is 15.9 Å². The number of methoxy groups -OCH3 is 1. The molecule has 0 atom stereocenters. The molecule has 0 bridgehead atoms. The summed E-state index contributed by atoms with van der Waals surface area (Å²) in [6, 6.07) is 10.4. The van der Waals surface area contributed by atoms with Crippen molar-refractivity contribution in [2.75, 3.05) is 32.2 Å². The lowest BCUT2D eigenvalue weighted by atomic mass is 10.1. The average Bonchev–Trinajstić information content (AvgIpc) is 3.04. The molecule has 9 heteroatoms. The predicted octanol–water partition coefficient (Wildman–Crippen LogP) is 3.85. The molecule has 1 saturated heterocycles. The fourth-order valence-electron chi connectivity index (χ4n) is 4.26. The van der Waals surface area contributed by atoms with E-state index in [9.17, 15) is 13.2 Å². The van der Waals surface area contributed by atoms with Crippen molar-refractivity contribution in [1.29, 1.82) is 0 Å². The van der Waals surface area contributed by atoms with Gasteiger partial charge in [0.05, 0.1) is 19.4 Å². The molecule has 0 aromatic heterocycles. The highest BCUT2D eigenvalue weighted by molar-refractivity contribution is 7.90. The molecule has 2 aromatic rings. The van der Waals surface area contributed by atoms with Crippen molar-refractivity contribution in [3.63, 3.8) is 0 Å². The summed E-state index contributed by atoms with van der Waals surface area (Å²) >= 11 is 0. The Hall–Kier alpha value is -3.07. The Morgan fingerprint density at radius 1 is 1.12 bits per heavy atom. The number of sulfonamides is 1. The van der Waals surface area contributed by atoms with E-state index in [1.165, 1.54) is 6.07 Å². The molecule has 0 N–H and O–H groups in total. The van der Waals surface area contributed by atoms with Crippen LogP contribution in [0, 0.1) is 0 Å². The molecule has 4 rings (SSSR count). The van der Waals surface area contributed by atoms with Crippen molar-refractivity contribution in [3.8, 4) is 11.5 Å². The third-order valence-corrected chi connectivity index (χ3v) is 7.22. The highest BCUT2D eigenvalue weighted by Gasteiger charge is 2.32. The zero-order chi connectivity index (χ0) is 23.6. The van der Waals surface area contributed by atoms with E-state index in [2.05, 4.69) is 4.40 Å². The fourth-order valence-corrected chi connectivity index (χ4v) is 5.55. The Morgan fingerprint density at radius 2 is 1.94 bits per heavy atom. The first-order chi connectivity index (χ1) is 15.8. The second-order valence-electron chi connectivity index (χ2n) is 8.21. The van der Waals surface area contributed by atoms with Gasteiger partial charge in [0.15, 0.2) is 11.5 Å². The summed E-state index contributed by atoms with van der Waals surface area (Å²) < 4.78 is 40.7. The maximum absolute atomic E-state index is 13.1. The lowest BCUT2D eigenvalue weighted by Crippen LogP contribution is -2.35. The van der Waals surface area contributed by atoms with Crippen molar-refractivity contribution < 1.29 is 22.7 Å². The molecule has 1 fully saturated rings. The number of hydrogen-bond donors (Lipinski definition) is 0. The Balaban J connectivity index is 1.58. The average molecular weight is 472 g/mol. The van der Waals surface area contributed by atoms with Gasteiger partial charge in [-0.2, -0.15) is 8.42 Å². The summed E-state index contributed by atoms with van der Waals surface area (Å²) in [5.74, 6) is 1.57. The maximum Gasteiger partial charge on any atom is 0.286 e. The largest absolute Gasteiger partial charge is 0.493 e. The molecule has 1 amide bonds. The molecular formula is C24H29N3O5S. The van der Waals surface area contributed by atoms with Crippen molar-refractivity contribution in [3.05, 3.63) is 47.5 Å². The smallest absolute Gasteiger partial charge is 0.286 e. The Morgan fingerprint density at radius 3 is 2.70 bits per heavy atom. The van der Waals surface area contributed by atoms with Gasteiger partial charge < -0.3 is 19.3 Å². The van der Waals surface area contributed by atoms with Crippen molar-refractivity contribution in [2.24, 2.45) is 4.40 Å². The number of anilines is 1. The summed E-state index contributed by atoms with van der Waals surface area (Å²) in [6.07, 6.45) is 3.60. The number of amidine groups is 1. The maximum atomic E-state index is 13.1. The topological polar surface area (TPSA) is 88.5 Å². The van der Waals surface area contributed by atoms with Gasteiger partial charge >= 0.3 is 0 Å². The van der Waals surface area contributed by atoms with Gasteiger partial charge in [0, 0.05) is 32.1 Å². The first-order valence-corrected chi connectivity index (χ1v) is 12.6. The van der Waals surface area contributed by atoms with Gasteiger partial charge in [-0.05, 0) is 55.7 Å². The van der Waals surface area contributed by atoms with E-state index in [0.717, 1.165) is 31.4 Å². The molecule has 2 aliphatic heterocycles. The molecule has 2 aliphatic rings. The van der Waals surface area contributed by atoms with Crippen molar-refractivity contribution >= 4 is 27.5 Å². The molecule has 33 heavy (non-hydrogen) atoms. The summed E-state index contributed by atoms with van der Waals surface area (Å²) in [5, 5.41) is 0. The zero-order valence-corrected chi connectivity index (χ0v) is 20.0. The van der Waals surface area contributed by atoms with Crippen LogP contribution in [0.4, 0.5) is 5.69 Å². The molecule has 176 valence electrons. The molecular weight excluding hydrogens is 442 g/mol. The molecule has 0 saturated carbocycles. The van der Waals surface area contributed by atoms with Crippen molar-refractivity contribution in [2.45, 2.75) is 44.0 Å². The number of benzene rings is 2. The third-order valence-electron chi connectivity index (χ3n) is 5.89. The first-order valence-electron chi connectivity index (χ1n) is 11.1. The van der Waals surface area contributed by atoms with Crippen LogP contribution in [0.3, 0.4) is 0 Å². The summed E-state index contributed by atoms with van der Waals surface area (Å²) in [7, 11) is -0.587. The molecule has 2 heterocycles. The van der Waals surface area contributed by atoms with E-state index in [4.69, 9.17) is 9.47 Å². The number of hydrogen-bond acceptors (Lipinski definition) is 6. The molecule has 0 unspecified atom stereocenters. The van der Waals surface area contributed by atoms with E-state index in [1.54, 1.807) is 31.2 Å². The van der Waals surface area contributed by atoms with Crippen LogP contribution in [0.1, 0.15) is 48.5 Å². The zero-order valence-electron chi connectivity index (χ0n) is 19.2. The number of ether oxygens (including phenoxy) is 2. The monoisotopic (exact) mass is 471 g/mol. The van der Waals surface area contributed by atoms with E-state index >= 15 is 0 Å². The molecule has 8 nitrogen and oxygen atoms in total. The van der Waals surface area contributed by atoms with Gasteiger partial charge in [0.2, 0.25) is 0 Å².